The van der Waals surface area contributed by atoms with E-state index in [0.717, 1.165) is 25.9 Å². The fraction of sp³-hybridized carbons (Fsp3) is 0.909. The molecule has 0 radical (unpaired) electrons. The third-order valence-electron chi connectivity index (χ3n) is 2.98. The fourth-order valence-corrected chi connectivity index (χ4v) is 2.39. The number of rotatable bonds is 0. The molecule has 0 aromatic rings. The van der Waals surface area contributed by atoms with E-state index in [1.165, 1.54) is 0 Å². The van der Waals surface area contributed by atoms with Crippen molar-refractivity contribution in [2.24, 2.45) is 0 Å². The zero-order valence-electron chi connectivity index (χ0n) is 10.2. The van der Waals surface area contributed by atoms with Crippen LogP contribution in [-0.4, -0.2) is 41.8 Å². The molecule has 2 bridgehead atoms. The summed E-state index contributed by atoms with van der Waals surface area (Å²) in [4.78, 5) is 13.9. The lowest BCUT2D eigenvalue weighted by Crippen LogP contribution is -2.55. The van der Waals surface area contributed by atoms with Crippen molar-refractivity contribution in [3.8, 4) is 0 Å². The van der Waals surface area contributed by atoms with E-state index in [0.29, 0.717) is 12.1 Å². The van der Waals surface area contributed by atoms with Gasteiger partial charge in [0.2, 0.25) is 0 Å². The summed E-state index contributed by atoms with van der Waals surface area (Å²) in [6.45, 7) is 7.56. The van der Waals surface area contributed by atoms with Crippen molar-refractivity contribution in [1.82, 2.24) is 10.2 Å². The highest BCUT2D eigenvalue weighted by molar-refractivity contribution is 5.85. The van der Waals surface area contributed by atoms with Crippen molar-refractivity contribution in [2.45, 2.75) is 51.3 Å². The van der Waals surface area contributed by atoms with Crippen LogP contribution in [0.5, 0.6) is 0 Å². The minimum Gasteiger partial charge on any atom is -0.444 e. The summed E-state index contributed by atoms with van der Waals surface area (Å²) < 4.78 is 5.42. The average Bonchev–Trinajstić information content (AvgIpc) is 2.34. The Labute approximate surface area is 103 Å². The number of nitrogens with zero attached hydrogens (tertiary/aromatic N) is 1. The monoisotopic (exact) mass is 248 g/mol. The van der Waals surface area contributed by atoms with Crippen LogP contribution in [0.15, 0.2) is 0 Å². The molecule has 2 rings (SSSR count). The first-order chi connectivity index (χ1) is 6.97. The molecule has 16 heavy (non-hydrogen) atoms. The summed E-state index contributed by atoms with van der Waals surface area (Å²) in [5.74, 6) is 0. The highest BCUT2D eigenvalue weighted by Gasteiger charge is 2.41. The number of amides is 1. The lowest BCUT2D eigenvalue weighted by molar-refractivity contribution is 0.0102. The van der Waals surface area contributed by atoms with Crippen molar-refractivity contribution in [3.63, 3.8) is 0 Å². The van der Waals surface area contributed by atoms with Gasteiger partial charge in [-0.3, -0.25) is 4.90 Å². The Morgan fingerprint density at radius 2 is 1.75 bits per heavy atom. The maximum absolute atomic E-state index is 12.0. The number of hydrogen-bond acceptors (Lipinski definition) is 3. The summed E-state index contributed by atoms with van der Waals surface area (Å²) >= 11 is 0. The van der Waals surface area contributed by atoms with Crippen LogP contribution in [0.4, 0.5) is 4.79 Å². The van der Waals surface area contributed by atoms with Crippen molar-refractivity contribution >= 4 is 18.5 Å². The molecular formula is C11H21ClN2O2. The molecule has 2 aliphatic heterocycles. The van der Waals surface area contributed by atoms with Crippen LogP contribution >= 0.6 is 12.4 Å². The Morgan fingerprint density at radius 3 is 2.19 bits per heavy atom. The van der Waals surface area contributed by atoms with Gasteiger partial charge in [0.15, 0.2) is 0 Å². The molecule has 0 aromatic heterocycles. The minimum atomic E-state index is -0.388. The molecule has 94 valence electrons. The van der Waals surface area contributed by atoms with Gasteiger partial charge in [-0.25, -0.2) is 4.79 Å². The molecule has 1 N–H and O–H groups in total. The van der Waals surface area contributed by atoms with Gasteiger partial charge in [-0.15, -0.1) is 12.4 Å². The second-order valence-corrected chi connectivity index (χ2v) is 5.43. The summed E-state index contributed by atoms with van der Waals surface area (Å²) in [5.41, 5.74) is -0.388. The minimum absolute atomic E-state index is 0. The van der Waals surface area contributed by atoms with Gasteiger partial charge < -0.3 is 10.1 Å². The van der Waals surface area contributed by atoms with Gasteiger partial charge in [0.25, 0.3) is 0 Å². The molecule has 1 amide bonds. The van der Waals surface area contributed by atoms with E-state index in [4.69, 9.17) is 4.74 Å². The molecule has 0 aliphatic carbocycles. The summed E-state index contributed by atoms with van der Waals surface area (Å²) in [7, 11) is 0. The molecule has 4 nitrogen and oxygen atoms in total. The maximum atomic E-state index is 12.0. The zero-order chi connectivity index (χ0) is 11.1. The lowest BCUT2D eigenvalue weighted by Gasteiger charge is -2.36. The van der Waals surface area contributed by atoms with Crippen molar-refractivity contribution < 1.29 is 9.53 Å². The van der Waals surface area contributed by atoms with Crippen LogP contribution in [0, 0.1) is 0 Å². The topological polar surface area (TPSA) is 41.6 Å². The third kappa shape index (κ3) is 2.80. The molecule has 2 fully saturated rings. The number of fused-ring (bicyclic) bond motifs is 2. The van der Waals surface area contributed by atoms with Crippen molar-refractivity contribution in [2.75, 3.05) is 13.1 Å². The second kappa shape index (κ2) is 4.80. The fourth-order valence-electron chi connectivity index (χ4n) is 2.39. The van der Waals surface area contributed by atoms with E-state index >= 15 is 0 Å². The van der Waals surface area contributed by atoms with E-state index in [2.05, 4.69) is 5.32 Å². The van der Waals surface area contributed by atoms with Crippen LogP contribution in [-0.2, 0) is 4.74 Å². The van der Waals surface area contributed by atoms with Gasteiger partial charge >= 0.3 is 6.09 Å². The van der Waals surface area contributed by atoms with Crippen LogP contribution in [0.25, 0.3) is 0 Å². The van der Waals surface area contributed by atoms with Gasteiger partial charge in [0.1, 0.15) is 5.60 Å². The smallest absolute Gasteiger partial charge is 0.410 e. The standard InChI is InChI=1S/C11H20N2O2.ClH/c1-11(2,3)15-10(14)13-8-4-5-9(13)7-12-6-8;/h8-9,12H,4-7H2,1-3H3;1H. The number of carbonyl (C=O) groups excluding carboxylic acids is 1. The van der Waals surface area contributed by atoms with E-state index in [1.807, 2.05) is 25.7 Å². The molecule has 2 atom stereocenters. The number of hydrogen-bond donors (Lipinski definition) is 1. The van der Waals surface area contributed by atoms with E-state index in [1.54, 1.807) is 0 Å². The molecule has 2 unspecified atom stereocenters. The first-order valence-electron chi connectivity index (χ1n) is 5.69. The largest absolute Gasteiger partial charge is 0.444 e. The van der Waals surface area contributed by atoms with E-state index < -0.39 is 0 Å². The molecule has 0 spiro atoms. The molecule has 5 heteroatoms. The number of ether oxygens (including phenoxy) is 1. The zero-order valence-corrected chi connectivity index (χ0v) is 11.0. The van der Waals surface area contributed by atoms with Crippen LogP contribution in [0.3, 0.4) is 0 Å². The Morgan fingerprint density at radius 1 is 1.25 bits per heavy atom. The molecular weight excluding hydrogens is 228 g/mol. The van der Waals surface area contributed by atoms with Gasteiger partial charge in [-0.1, -0.05) is 0 Å². The Kier molecular flexibility index (Phi) is 4.07. The van der Waals surface area contributed by atoms with Gasteiger partial charge in [0, 0.05) is 25.2 Å². The van der Waals surface area contributed by atoms with Gasteiger partial charge in [-0.2, -0.15) is 0 Å². The average molecular weight is 249 g/mol. The van der Waals surface area contributed by atoms with Crippen LogP contribution in [0.2, 0.25) is 0 Å². The summed E-state index contributed by atoms with van der Waals surface area (Å²) in [6, 6.07) is 0.692. The second-order valence-electron chi connectivity index (χ2n) is 5.43. The Bertz CT molecular complexity index is 249. The molecule has 2 heterocycles. The first kappa shape index (κ1) is 13.6. The molecule has 0 aromatic carbocycles. The highest BCUT2D eigenvalue weighted by atomic mass is 35.5. The molecule has 2 saturated heterocycles. The van der Waals surface area contributed by atoms with Crippen molar-refractivity contribution in [1.29, 1.82) is 0 Å². The number of carbonyl (C=O) groups is 1. The van der Waals surface area contributed by atoms with Crippen LogP contribution < -0.4 is 5.32 Å². The Balaban J connectivity index is 0.00000128. The molecule has 2 aliphatic rings. The van der Waals surface area contributed by atoms with E-state index in [9.17, 15) is 4.79 Å². The lowest BCUT2D eigenvalue weighted by atomic mass is 10.2. The quantitative estimate of drug-likeness (QED) is 0.711. The van der Waals surface area contributed by atoms with Gasteiger partial charge in [0.05, 0.1) is 0 Å². The summed E-state index contributed by atoms with van der Waals surface area (Å²) in [5, 5.41) is 3.35. The number of piperazine rings is 1. The van der Waals surface area contributed by atoms with Crippen LogP contribution in [0.1, 0.15) is 33.6 Å². The summed E-state index contributed by atoms with van der Waals surface area (Å²) in [6.07, 6.45) is 2.07. The predicted molar refractivity (Wildman–Crippen MR) is 65.0 cm³/mol. The normalized spacial score (nSPS) is 28.6. The molecule has 0 saturated carbocycles. The Hall–Kier alpha value is -0.480. The number of nitrogens with one attached hydrogen (secondary N) is 1. The van der Waals surface area contributed by atoms with Gasteiger partial charge in [-0.05, 0) is 33.6 Å². The first-order valence-corrected chi connectivity index (χ1v) is 5.69. The SMILES string of the molecule is CC(C)(C)OC(=O)N1C2CCC1CNC2.Cl. The highest BCUT2D eigenvalue weighted by Crippen LogP contribution is 2.28. The number of halogens is 1. The maximum Gasteiger partial charge on any atom is 0.410 e. The van der Waals surface area contributed by atoms with Crippen molar-refractivity contribution in [3.05, 3.63) is 0 Å². The van der Waals surface area contributed by atoms with E-state index in [-0.39, 0.29) is 24.1 Å². The predicted octanol–water partition coefficient (Wildman–Crippen LogP) is 1.78. The third-order valence-corrected chi connectivity index (χ3v) is 2.98.